The van der Waals surface area contributed by atoms with Crippen molar-refractivity contribution >= 4 is 23.4 Å². The van der Waals surface area contributed by atoms with Crippen LogP contribution in [0.15, 0.2) is 90.1 Å². The van der Waals surface area contributed by atoms with E-state index in [0.717, 1.165) is 38.9 Å². The Morgan fingerprint density at radius 3 is 2.24 bits per heavy atom. The molecule has 0 radical (unpaired) electrons. The minimum absolute atomic E-state index is 0.146. The van der Waals surface area contributed by atoms with Crippen molar-refractivity contribution in [1.82, 2.24) is 10.3 Å². The summed E-state index contributed by atoms with van der Waals surface area (Å²) in [7, 11) is 0. The van der Waals surface area contributed by atoms with Crippen LogP contribution in [0.3, 0.4) is 0 Å². The fraction of sp³-hybridized carbons (Fsp3) is 0.125. The molecule has 4 rings (SSSR count). The van der Waals surface area contributed by atoms with E-state index in [1.54, 1.807) is 18.3 Å². The van der Waals surface area contributed by atoms with Crippen molar-refractivity contribution in [2.75, 3.05) is 13.2 Å². The molecule has 2 N–H and O–H groups in total. The SMILES string of the molecule is OCCNCc1ccc(-c2ccc(F)cc2)cc1.Sc1cccc2cnccc12. The molecule has 0 saturated carbocycles. The number of benzene rings is 3. The van der Waals surface area contributed by atoms with E-state index in [4.69, 9.17) is 5.11 Å². The first kappa shape index (κ1) is 21.0. The first-order chi connectivity index (χ1) is 14.2. The number of aromatic nitrogens is 1. The second-order valence-corrected chi connectivity index (χ2v) is 6.96. The highest BCUT2D eigenvalue weighted by atomic mass is 32.1. The van der Waals surface area contributed by atoms with Gasteiger partial charge in [-0.05, 0) is 46.3 Å². The van der Waals surface area contributed by atoms with Gasteiger partial charge in [0.2, 0.25) is 0 Å². The molecule has 5 heteroatoms. The number of rotatable bonds is 5. The highest BCUT2D eigenvalue weighted by Crippen LogP contribution is 2.20. The fourth-order valence-electron chi connectivity index (χ4n) is 2.87. The van der Waals surface area contributed by atoms with Crippen LogP contribution < -0.4 is 5.32 Å². The molecule has 3 aromatic carbocycles. The van der Waals surface area contributed by atoms with Gasteiger partial charge in [-0.3, -0.25) is 4.98 Å². The van der Waals surface area contributed by atoms with Gasteiger partial charge in [0.1, 0.15) is 5.82 Å². The molecule has 4 aromatic rings. The molecule has 0 bridgehead atoms. The molecule has 148 valence electrons. The molecule has 0 amide bonds. The van der Waals surface area contributed by atoms with Crippen LogP contribution in [0.5, 0.6) is 0 Å². The lowest BCUT2D eigenvalue weighted by atomic mass is 10.0. The normalized spacial score (nSPS) is 10.4. The second-order valence-electron chi connectivity index (χ2n) is 6.48. The summed E-state index contributed by atoms with van der Waals surface area (Å²) in [5, 5.41) is 14.1. The molecule has 0 atom stereocenters. The number of aliphatic hydroxyl groups excluding tert-OH is 1. The summed E-state index contributed by atoms with van der Waals surface area (Å²) in [5.74, 6) is -0.219. The predicted octanol–water partition coefficient (Wildman–Crippen LogP) is 5.10. The topological polar surface area (TPSA) is 45.1 Å². The van der Waals surface area contributed by atoms with Gasteiger partial charge in [-0.15, -0.1) is 12.6 Å². The molecular weight excluding hydrogens is 383 g/mol. The average molecular weight is 407 g/mol. The fourth-order valence-corrected chi connectivity index (χ4v) is 3.16. The van der Waals surface area contributed by atoms with Crippen molar-refractivity contribution in [3.05, 3.63) is 96.6 Å². The van der Waals surface area contributed by atoms with Gasteiger partial charge in [-0.1, -0.05) is 48.5 Å². The number of hydrogen-bond acceptors (Lipinski definition) is 4. The number of nitrogens with one attached hydrogen (secondary N) is 1. The molecule has 0 unspecified atom stereocenters. The second kappa shape index (κ2) is 10.7. The molecule has 0 aliphatic rings. The van der Waals surface area contributed by atoms with Crippen molar-refractivity contribution in [3.8, 4) is 11.1 Å². The third-order valence-corrected chi connectivity index (χ3v) is 4.80. The lowest BCUT2D eigenvalue weighted by Gasteiger charge is -2.05. The standard InChI is InChI=1S/C15H16FNO.C9H7NS/c16-15-7-5-14(6-8-15)13-3-1-12(2-4-13)11-17-9-10-18;11-9-3-1-2-7-6-10-5-4-8(7)9/h1-8,17-18H,9-11H2;1-6,11H. The minimum Gasteiger partial charge on any atom is -0.395 e. The maximum Gasteiger partial charge on any atom is 0.123 e. The number of thiol groups is 1. The summed E-state index contributed by atoms with van der Waals surface area (Å²) in [4.78, 5) is 5.02. The zero-order valence-corrected chi connectivity index (χ0v) is 16.8. The molecule has 0 fully saturated rings. The van der Waals surface area contributed by atoms with Crippen LogP contribution in [-0.4, -0.2) is 23.2 Å². The number of nitrogens with zero attached hydrogens (tertiary/aromatic N) is 1. The number of aliphatic hydroxyl groups is 1. The van der Waals surface area contributed by atoms with Crippen LogP contribution >= 0.6 is 12.6 Å². The van der Waals surface area contributed by atoms with Crippen LogP contribution in [0.25, 0.3) is 21.9 Å². The summed E-state index contributed by atoms with van der Waals surface area (Å²) in [6.07, 6.45) is 3.62. The van der Waals surface area contributed by atoms with Gasteiger partial charge in [0.25, 0.3) is 0 Å². The third kappa shape index (κ3) is 6.12. The Bertz CT molecular complexity index is 1030. The van der Waals surface area contributed by atoms with Gasteiger partial charge in [0.15, 0.2) is 0 Å². The molecule has 0 aliphatic carbocycles. The Balaban J connectivity index is 0.000000186. The smallest absolute Gasteiger partial charge is 0.123 e. The Kier molecular flexibility index (Phi) is 7.76. The van der Waals surface area contributed by atoms with Gasteiger partial charge in [0, 0.05) is 35.8 Å². The van der Waals surface area contributed by atoms with E-state index in [-0.39, 0.29) is 12.4 Å². The molecular formula is C24H23FN2OS. The monoisotopic (exact) mass is 406 g/mol. The molecule has 1 heterocycles. The van der Waals surface area contributed by atoms with Crippen molar-refractivity contribution in [1.29, 1.82) is 0 Å². The zero-order chi connectivity index (χ0) is 20.5. The van der Waals surface area contributed by atoms with E-state index in [1.165, 1.54) is 12.1 Å². The molecule has 0 saturated heterocycles. The highest BCUT2D eigenvalue weighted by molar-refractivity contribution is 7.80. The van der Waals surface area contributed by atoms with Gasteiger partial charge < -0.3 is 10.4 Å². The Morgan fingerprint density at radius 2 is 1.59 bits per heavy atom. The van der Waals surface area contributed by atoms with Gasteiger partial charge in [-0.25, -0.2) is 4.39 Å². The minimum atomic E-state index is -0.219. The first-order valence-corrected chi connectivity index (χ1v) is 9.80. The van der Waals surface area contributed by atoms with Crippen molar-refractivity contribution in [2.24, 2.45) is 0 Å². The largest absolute Gasteiger partial charge is 0.395 e. The lowest BCUT2D eigenvalue weighted by molar-refractivity contribution is 0.292. The Morgan fingerprint density at radius 1 is 0.897 bits per heavy atom. The van der Waals surface area contributed by atoms with E-state index in [9.17, 15) is 4.39 Å². The van der Waals surface area contributed by atoms with Crippen molar-refractivity contribution < 1.29 is 9.50 Å². The van der Waals surface area contributed by atoms with Crippen LogP contribution in [0, 0.1) is 5.82 Å². The zero-order valence-electron chi connectivity index (χ0n) is 15.9. The third-order valence-electron chi connectivity index (χ3n) is 4.41. The van der Waals surface area contributed by atoms with Crippen molar-refractivity contribution in [2.45, 2.75) is 11.4 Å². The number of fused-ring (bicyclic) bond motifs is 1. The first-order valence-electron chi connectivity index (χ1n) is 9.35. The average Bonchev–Trinajstić information content (AvgIpc) is 2.76. The number of pyridine rings is 1. The predicted molar refractivity (Wildman–Crippen MR) is 120 cm³/mol. The lowest BCUT2D eigenvalue weighted by Crippen LogP contribution is -2.17. The van der Waals surface area contributed by atoms with E-state index in [0.29, 0.717) is 6.54 Å². The van der Waals surface area contributed by atoms with Crippen LogP contribution in [-0.2, 0) is 6.54 Å². The van der Waals surface area contributed by atoms with Crippen LogP contribution in [0.4, 0.5) is 4.39 Å². The Hall–Kier alpha value is -2.73. The van der Waals surface area contributed by atoms with Crippen molar-refractivity contribution in [3.63, 3.8) is 0 Å². The maximum atomic E-state index is 12.8. The van der Waals surface area contributed by atoms with Crippen LogP contribution in [0.1, 0.15) is 5.56 Å². The van der Waals surface area contributed by atoms with Gasteiger partial charge in [-0.2, -0.15) is 0 Å². The van der Waals surface area contributed by atoms with E-state index >= 15 is 0 Å². The number of hydrogen-bond donors (Lipinski definition) is 3. The molecule has 1 aromatic heterocycles. The molecule has 0 spiro atoms. The van der Waals surface area contributed by atoms with Gasteiger partial charge >= 0.3 is 0 Å². The summed E-state index contributed by atoms with van der Waals surface area (Å²) in [5.41, 5.74) is 3.24. The van der Waals surface area contributed by atoms with E-state index in [2.05, 4.69) is 22.9 Å². The van der Waals surface area contributed by atoms with E-state index in [1.807, 2.05) is 54.7 Å². The molecule has 29 heavy (non-hydrogen) atoms. The summed E-state index contributed by atoms with van der Waals surface area (Å²) in [6.45, 7) is 1.48. The van der Waals surface area contributed by atoms with Gasteiger partial charge in [0.05, 0.1) is 6.61 Å². The maximum absolute atomic E-state index is 12.8. The molecule has 0 aliphatic heterocycles. The quantitative estimate of drug-likeness (QED) is 0.319. The van der Waals surface area contributed by atoms with Crippen LogP contribution in [0.2, 0.25) is 0 Å². The highest BCUT2D eigenvalue weighted by Gasteiger charge is 1.99. The summed E-state index contributed by atoms with van der Waals surface area (Å²) >= 11 is 4.32. The Labute approximate surface area is 175 Å². The summed E-state index contributed by atoms with van der Waals surface area (Å²) < 4.78 is 12.8. The molecule has 3 nitrogen and oxygen atoms in total. The number of halogens is 1. The van der Waals surface area contributed by atoms with E-state index < -0.39 is 0 Å². The summed E-state index contributed by atoms with van der Waals surface area (Å²) in [6, 6.07) is 22.5.